The molecule has 0 unspecified atom stereocenters. The van der Waals surface area contributed by atoms with Crippen molar-refractivity contribution >= 4 is 20.9 Å². The standard InChI is InChI=1S/C11H13N3O3S/c1-18(15,16)14-4-5-17-10-3-2-9-7-12-8-13-11(9)6-10/h2-3,6-8,14H,4-5H2,1H3. The summed E-state index contributed by atoms with van der Waals surface area (Å²) in [5, 5.41) is 0.930. The van der Waals surface area contributed by atoms with Gasteiger partial charge in [-0.05, 0) is 12.1 Å². The molecule has 0 aliphatic rings. The number of hydrogen-bond donors (Lipinski definition) is 1. The lowest BCUT2D eigenvalue weighted by molar-refractivity contribution is 0.323. The van der Waals surface area contributed by atoms with Gasteiger partial charge in [-0.3, -0.25) is 0 Å². The molecule has 0 radical (unpaired) electrons. The van der Waals surface area contributed by atoms with Crippen molar-refractivity contribution < 1.29 is 13.2 Å². The maximum Gasteiger partial charge on any atom is 0.208 e. The first-order valence-electron chi connectivity index (χ1n) is 5.32. The monoisotopic (exact) mass is 267 g/mol. The van der Waals surface area contributed by atoms with E-state index >= 15 is 0 Å². The van der Waals surface area contributed by atoms with Crippen molar-refractivity contribution in [3.63, 3.8) is 0 Å². The van der Waals surface area contributed by atoms with Gasteiger partial charge in [0.25, 0.3) is 0 Å². The maximum absolute atomic E-state index is 10.8. The molecular weight excluding hydrogens is 254 g/mol. The fourth-order valence-electron chi connectivity index (χ4n) is 1.44. The van der Waals surface area contributed by atoms with E-state index in [1.807, 2.05) is 6.07 Å². The highest BCUT2D eigenvalue weighted by molar-refractivity contribution is 7.88. The lowest BCUT2D eigenvalue weighted by Crippen LogP contribution is -2.26. The van der Waals surface area contributed by atoms with Gasteiger partial charge in [-0.25, -0.2) is 23.1 Å². The summed E-state index contributed by atoms with van der Waals surface area (Å²) in [6, 6.07) is 5.44. The number of sulfonamides is 1. The average molecular weight is 267 g/mol. The van der Waals surface area contributed by atoms with Crippen molar-refractivity contribution in [1.29, 1.82) is 0 Å². The Morgan fingerprint density at radius 3 is 3.00 bits per heavy atom. The van der Waals surface area contributed by atoms with E-state index in [1.165, 1.54) is 6.33 Å². The zero-order chi connectivity index (χ0) is 13.0. The van der Waals surface area contributed by atoms with E-state index in [4.69, 9.17) is 4.74 Å². The predicted octanol–water partition coefficient (Wildman–Crippen LogP) is 0.558. The van der Waals surface area contributed by atoms with Gasteiger partial charge in [-0.2, -0.15) is 0 Å². The molecule has 0 aliphatic heterocycles. The Kier molecular flexibility index (Phi) is 3.73. The minimum atomic E-state index is -3.16. The number of fused-ring (bicyclic) bond motifs is 1. The van der Waals surface area contributed by atoms with E-state index in [9.17, 15) is 8.42 Å². The zero-order valence-electron chi connectivity index (χ0n) is 9.83. The van der Waals surface area contributed by atoms with Crippen LogP contribution >= 0.6 is 0 Å². The van der Waals surface area contributed by atoms with Gasteiger partial charge < -0.3 is 4.74 Å². The highest BCUT2D eigenvalue weighted by atomic mass is 32.2. The number of ether oxygens (including phenoxy) is 1. The number of hydrogen-bond acceptors (Lipinski definition) is 5. The molecule has 18 heavy (non-hydrogen) atoms. The quantitative estimate of drug-likeness (QED) is 0.800. The Balaban J connectivity index is 1.96. The third-order valence-corrected chi connectivity index (χ3v) is 2.94. The van der Waals surface area contributed by atoms with Gasteiger partial charge in [-0.1, -0.05) is 0 Å². The molecule has 0 saturated heterocycles. The largest absolute Gasteiger partial charge is 0.492 e. The van der Waals surface area contributed by atoms with Crippen LogP contribution in [0.4, 0.5) is 0 Å². The van der Waals surface area contributed by atoms with E-state index in [0.29, 0.717) is 5.75 Å². The molecule has 0 saturated carbocycles. The molecular formula is C11H13N3O3S. The molecule has 1 aromatic heterocycles. The summed E-state index contributed by atoms with van der Waals surface area (Å²) in [6.45, 7) is 0.504. The lowest BCUT2D eigenvalue weighted by Gasteiger charge is -2.07. The number of aromatic nitrogens is 2. The van der Waals surface area contributed by atoms with E-state index in [0.717, 1.165) is 17.2 Å². The topological polar surface area (TPSA) is 81.2 Å². The van der Waals surface area contributed by atoms with E-state index in [-0.39, 0.29) is 13.2 Å². The van der Waals surface area contributed by atoms with Crippen molar-refractivity contribution in [2.75, 3.05) is 19.4 Å². The van der Waals surface area contributed by atoms with Crippen LogP contribution < -0.4 is 9.46 Å². The summed E-state index contributed by atoms with van der Waals surface area (Å²) in [7, 11) is -3.16. The van der Waals surface area contributed by atoms with Crippen molar-refractivity contribution in [2.45, 2.75) is 0 Å². The Labute approximate surface area is 105 Å². The van der Waals surface area contributed by atoms with Crippen LogP contribution in [0.2, 0.25) is 0 Å². The second-order valence-electron chi connectivity index (χ2n) is 3.76. The summed E-state index contributed by atoms with van der Waals surface area (Å²) < 4.78 is 29.4. The summed E-state index contributed by atoms with van der Waals surface area (Å²) >= 11 is 0. The smallest absolute Gasteiger partial charge is 0.208 e. The Morgan fingerprint density at radius 1 is 1.39 bits per heavy atom. The van der Waals surface area contributed by atoms with Crippen LogP contribution in [0, 0.1) is 0 Å². The van der Waals surface area contributed by atoms with E-state index < -0.39 is 10.0 Å². The van der Waals surface area contributed by atoms with Gasteiger partial charge in [0, 0.05) is 24.2 Å². The van der Waals surface area contributed by atoms with Gasteiger partial charge in [0.2, 0.25) is 10.0 Å². The molecule has 96 valence electrons. The minimum absolute atomic E-state index is 0.237. The highest BCUT2D eigenvalue weighted by Gasteiger charge is 2.01. The molecule has 7 heteroatoms. The van der Waals surface area contributed by atoms with Gasteiger partial charge >= 0.3 is 0 Å². The van der Waals surface area contributed by atoms with E-state index in [1.54, 1.807) is 18.3 Å². The second kappa shape index (κ2) is 5.28. The molecule has 0 amide bonds. The fraction of sp³-hybridized carbons (Fsp3) is 0.273. The van der Waals surface area contributed by atoms with E-state index in [2.05, 4.69) is 14.7 Å². The van der Waals surface area contributed by atoms with Crippen molar-refractivity contribution in [2.24, 2.45) is 0 Å². The molecule has 0 fully saturated rings. The molecule has 1 aromatic carbocycles. The van der Waals surface area contributed by atoms with Gasteiger partial charge in [0.15, 0.2) is 0 Å². The first kappa shape index (κ1) is 12.7. The van der Waals surface area contributed by atoms with Crippen LogP contribution in [0.5, 0.6) is 5.75 Å². The van der Waals surface area contributed by atoms with Gasteiger partial charge in [0.05, 0.1) is 11.8 Å². The number of nitrogens with one attached hydrogen (secondary N) is 1. The SMILES string of the molecule is CS(=O)(=O)NCCOc1ccc2cncnc2c1. The predicted molar refractivity (Wildman–Crippen MR) is 67.9 cm³/mol. The average Bonchev–Trinajstić information content (AvgIpc) is 2.33. The third-order valence-electron chi connectivity index (χ3n) is 2.21. The summed E-state index contributed by atoms with van der Waals surface area (Å²) in [5.74, 6) is 0.650. The van der Waals surface area contributed by atoms with Gasteiger partial charge in [0.1, 0.15) is 18.7 Å². The van der Waals surface area contributed by atoms with Crippen molar-refractivity contribution in [3.8, 4) is 5.75 Å². The molecule has 0 spiro atoms. The van der Waals surface area contributed by atoms with Crippen molar-refractivity contribution in [1.82, 2.24) is 14.7 Å². The molecule has 0 atom stereocenters. The lowest BCUT2D eigenvalue weighted by atomic mass is 10.2. The fourth-order valence-corrected chi connectivity index (χ4v) is 1.89. The van der Waals surface area contributed by atoms with Crippen LogP contribution in [0.3, 0.4) is 0 Å². The number of nitrogens with zero attached hydrogens (tertiary/aromatic N) is 2. The molecule has 6 nitrogen and oxygen atoms in total. The molecule has 1 N–H and O–H groups in total. The van der Waals surface area contributed by atoms with Crippen LogP contribution in [0.25, 0.3) is 10.9 Å². The van der Waals surface area contributed by atoms with Crippen LogP contribution in [0.15, 0.2) is 30.7 Å². The zero-order valence-corrected chi connectivity index (χ0v) is 10.6. The highest BCUT2D eigenvalue weighted by Crippen LogP contribution is 2.17. The number of rotatable bonds is 5. The summed E-state index contributed by atoms with van der Waals surface area (Å²) in [5.41, 5.74) is 0.790. The first-order chi connectivity index (χ1) is 8.54. The summed E-state index contributed by atoms with van der Waals surface area (Å²) in [4.78, 5) is 8.02. The molecule has 0 bridgehead atoms. The molecule has 2 aromatic rings. The molecule has 1 heterocycles. The Morgan fingerprint density at radius 2 is 2.22 bits per heavy atom. The Bertz CT molecular complexity index is 643. The second-order valence-corrected chi connectivity index (χ2v) is 5.59. The van der Waals surface area contributed by atoms with Crippen LogP contribution in [0.1, 0.15) is 0 Å². The van der Waals surface area contributed by atoms with Crippen LogP contribution in [-0.4, -0.2) is 37.8 Å². The third kappa shape index (κ3) is 3.64. The maximum atomic E-state index is 10.8. The minimum Gasteiger partial charge on any atom is -0.492 e. The van der Waals surface area contributed by atoms with Crippen LogP contribution in [-0.2, 0) is 10.0 Å². The normalized spacial score (nSPS) is 11.6. The van der Waals surface area contributed by atoms with Gasteiger partial charge in [-0.15, -0.1) is 0 Å². The Hall–Kier alpha value is -1.73. The summed E-state index contributed by atoms with van der Waals surface area (Å²) in [6.07, 6.45) is 4.30. The molecule has 2 rings (SSSR count). The molecule has 0 aliphatic carbocycles. The first-order valence-corrected chi connectivity index (χ1v) is 7.21. The van der Waals surface area contributed by atoms with Crippen molar-refractivity contribution in [3.05, 3.63) is 30.7 Å². The number of benzene rings is 1.